The average Bonchev–Trinajstić information content (AvgIpc) is 2.31. The molecule has 0 unspecified atom stereocenters. The summed E-state index contributed by atoms with van der Waals surface area (Å²) in [6.07, 6.45) is 9.82. The van der Waals surface area contributed by atoms with Crippen molar-refractivity contribution in [2.75, 3.05) is 6.54 Å². The average molecular weight is 183 g/mol. The predicted molar refractivity (Wildman–Crippen MR) is 58.6 cm³/mol. The lowest BCUT2D eigenvalue weighted by atomic mass is 9.69. The van der Waals surface area contributed by atoms with Crippen molar-refractivity contribution in [3.63, 3.8) is 0 Å². The number of hydrogen-bond donors (Lipinski definition) is 1. The van der Waals surface area contributed by atoms with E-state index in [0.717, 1.165) is 12.5 Å². The highest BCUT2D eigenvalue weighted by Crippen LogP contribution is 2.43. The Morgan fingerprint density at radius 1 is 1.08 bits per heavy atom. The molecular formula is C12H25N. The van der Waals surface area contributed by atoms with E-state index in [-0.39, 0.29) is 0 Å². The minimum atomic E-state index is 0.589. The lowest BCUT2D eigenvalue weighted by Crippen LogP contribution is -2.29. The smallest absolute Gasteiger partial charge is 0.00719 e. The van der Waals surface area contributed by atoms with Gasteiger partial charge in [-0.25, -0.2) is 0 Å². The molecule has 0 atom stereocenters. The van der Waals surface area contributed by atoms with E-state index in [1.54, 1.807) is 0 Å². The van der Waals surface area contributed by atoms with Gasteiger partial charge in [-0.15, -0.1) is 0 Å². The van der Waals surface area contributed by atoms with E-state index in [0.29, 0.717) is 5.41 Å². The van der Waals surface area contributed by atoms with Gasteiger partial charge in [0.25, 0.3) is 0 Å². The molecule has 0 aliphatic heterocycles. The van der Waals surface area contributed by atoms with E-state index < -0.39 is 0 Å². The molecule has 1 saturated carbocycles. The van der Waals surface area contributed by atoms with Crippen LogP contribution in [0, 0.1) is 11.3 Å². The van der Waals surface area contributed by atoms with Crippen LogP contribution >= 0.6 is 0 Å². The first kappa shape index (κ1) is 11.0. The van der Waals surface area contributed by atoms with E-state index in [1.807, 2.05) is 0 Å². The molecule has 0 aromatic rings. The Morgan fingerprint density at radius 2 is 1.62 bits per heavy atom. The first-order valence-corrected chi connectivity index (χ1v) is 5.91. The standard InChI is InChI=1S/C12H25N/c1-11(2)12(9-10-13)7-5-3-4-6-8-12/h11H,3-10,13H2,1-2H3. The summed E-state index contributed by atoms with van der Waals surface area (Å²) in [7, 11) is 0. The van der Waals surface area contributed by atoms with Gasteiger partial charge in [-0.05, 0) is 37.1 Å². The Bertz CT molecular complexity index is 132. The van der Waals surface area contributed by atoms with Crippen LogP contribution in [0.1, 0.15) is 58.8 Å². The SMILES string of the molecule is CC(C)C1(CCN)CCCCCC1. The van der Waals surface area contributed by atoms with E-state index in [2.05, 4.69) is 13.8 Å². The second-order valence-corrected chi connectivity index (χ2v) is 4.97. The Labute approximate surface area is 83.1 Å². The van der Waals surface area contributed by atoms with Gasteiger partial charge in [-0.3, -0.25) is 0 Å². The van der Waals surface area contributed by atoms with Crippen LogP contribution in [0.4, 0.5) is 0 Å². The van der Waals surface area contributed by atoms with Crippen molar-refractivity contribution in [2.45, 2.75) is 58.8 Å². The normalized spacial score (nSPS) is 23.1. The molecule has 13 heavy (non-hydrogen) atoms. The maximum Gasteiger partial charge on any atom is -0.00719 e. The summed E-state index contributed by atoms with van der Waals surface area (Å²) in [5.74, 6) is 0.814. The molecule has 1 fully saturated rings. The van der Waals surface area contributed by atoms with Gasteiger partial charge in [-0.1, -0.05) is 39.5 Å². The molecular weight excluding hydrogens is 158 g/mol. The first-order valence-electron chi connectivity index (χ1n) is 5.91. The van der Waals surface area contributed by atoms with E-state index in [1.165, 1.54) is 44.9 Å². The molecule has 0 spiro atoms. The van der Waals surface area contributed by atoms with Crippen LogP contribution < -0.4 is 5.73 Å². The van der Waals surface area contributed by atoms with Crippen LogP contribution in [0.15, 0.2) is 0 Å². The summed E-state index contributed by atoms with van der Waals surface area (Å²) >= 11 is 0. The second kappa shape index (κ2) is 4.99. The third-order valence-electron chi connectivity index (χ3n) is 3.97. The van der Waals surface area contributed by atoms with Crippen LogP contribution in [0.3, 0.4) is 0 Å². The fourth-order valence-corrected chi connectivity index (χ4v) is 2.84. The summed E-state index contributed by atoms with van der Waals surface area (Å²) in [4.78, 5) is 0. The van der Waals surface area contributed by atoms with Gasteiger partial charge in [-0.2, -0.15) is 0 Å². The van der Waals surface area contributed by atoms with Gasteiger partial charge in [0.2, 0.25) is 0 Å². The molecule has 0 bridgehead atoms. The van der Waals surface area contributed by atoms with Crippen molar-refractivity contribution >= 4 is 0 Å². The van der Waals surface area contributed by atoms with Crippen molar-refractivity contribution in [3.05, 3.63) is 0 Å². The van der Waals surface area contributed by atoms with Crippen molar-refractivity contribution in [1.82, 2.24) is 0 Å². The quantitative estimate of drug-likeness (QED) is 0.667. The molecule has 0 amide bonds. The molecule has 1 heteroatoms. The molecule has 1 nitrogen and oxygen atoms in total. The Kier molecular flexibility index (Phi) is 4.24. The zero-order valence-corrected chi connectivity index (χ0v) is 9.31. The van der Waals surface area contributed by atoms with Crippen LogP contribution in [0.25, 0.3) is 0 Å². The Balaban J connectivity index is 2.62. The van der Waals surface area contributed by atoms with Crippen LogP contribution in [-0.2, 0) is 0 Å². The molecule has 2 N–H and O–H groups in total. The Hall–Kier alpha value is -0.0400. The van der Waals surface area contributed by atoms with Crippen molar-refractivity contribution in [2.24, 2.45) is 17.1 Å². The lowest BCUT2D eigenvalue weighted by molar-refractivity contribution is 0.145. The van der Waals surface area contributed by atoms with Gasteiger partial charge in [0, 0.05) is 0 Å². The molecule has 1 rings (SSSR count). The first-order chi connectivity index (χ1) is 6.21. The minimum Gasteiger partial charge on any atom is -0.330 e. The molecule has 0 aromatic carbocycles. The molecule has 1 aliphatic rings. The predicted octanol–water partition coefficient (Wildman–Crippen LogP) is 3.33. The number of nitrogens with two attached hydrogens (primary N) is 1. The summed E-state index contributed by atoms with van der Waals surface area (Å²) in [5.41, 5.74) is 6.32. The molecule has 1 aliphatic carbocycles. The molecule has 78 valence electrons. The van der Waals surface area contributed by atoms with Gasteiger partial charge < -0.3 is 5.73 Å². The molecule has 0 aromatic heterocycles. The highest BCUT2D eigenvalue weighted by Gasteiger charge is 2.32. The molecule has 0 heterocycles. The van der Waals surface area contributed by atoms with Crippen molar-refractivity contribution in [1.29, 1.82) is 0 Å². The third-order valence-corrected chi connectivity index (χ3v) is 3.97. The zero-order chi connectivity index (χ0) is 9.73. The van der Waals surface area contributed by atoms with E-state index in [4.69, 9.17) is 5.73 Å². The van der Waals surface area contributed by atoms with Crippen LogP contribution in [0.5, 0.6) is 0 Å². The van der Waals surface area contributed by atoms with E-state index in [9.17, 15) is 0 Å². The largest absolute Gasteiger partial charge is 0.330 e. The third kappa shape index (κ3) is 2.70. The topological polar surface area (TPSA) is 26.0 Å². The monoisotopic (exact) mass is 183 g/mol. The van der Waals surface area contributed by atoms with Gasteiger partial charge in [0.05, 0.1) is 0 Å². The second-order valence-electron chi connectivity index (χ2n) is 4.97. The lowest BCUT2D eigenvalue weighted by Gasteiger charge is -2.37. The van der Waals surface area contributed by atoms with Gasteiger partial charge in [0.1, 0.15) is 0 Å². The zero-order valence-electron chi connectivity index (χ0n) is 9.31. The van der Waals surface area contributed by atoms with Crippen LogP contribution in [0.2, 0.25) is 0 Å². The molecule has 0 radical (unpaired) electrons. The summed E-state index contributed by atoms with van der Waals surface area (Å²) in [5, 5.41) is 0. The summed E-state index contributed by atoms with van der Waals surface area (Å²) in [6, 6.07) is 0. The fourth-order valence-electron chi connectivity index (χ4n) is 2.84. The summed E-state index contributed by atoms with van der Waals surface area (Å²) < 4.78 is 0. The van der Waals surface area contributed by atoms with Crippen LogP contribution in [-0.4, -0.2) is 6.54 Å². The Morgan fingerprint density at radius 3 is 2.00 bits per heavy atom. The van der Waals surface area contributed by atoms with Crippen molar-refractivity contribution in [3.8, 4) is 0 Å². The van der Waals surface area contributed by atoms with E-state index >= 15 is 0 Å². The fraction of sp³-hybridized carbons (Fsp3) is 1.00. The summed E-state index contributed by atoms with van der Waals surface area (Å²) in [6.45, 7) is 5.63. The molecule has 0 saturated heterocycles. The van der Waals surface area contributed by atoms with Gasteiger partial charge >= 0.3 is 0 Å². The number of rotatable bonds is 3. The highest BCUT2D eigenvalue weighted by molar-refractivity contribution is 4.84. The number of hydrogen-bond acceptors (Lipinski definition) is 1. The maximum atomic E-state index is 5.73. The minimum absolute atomic E-state index is 0.589. The van der Waals surface area contributed by atoms with Crippen molar-refractivity contribution < 1.29 is 0 Å². The van der Waals surface area contributed by atoms with Gasteiger partial charge in [0.15, 0.2) is 0 Å². The maximum absolute atomic E-state index is 5.73. The highest BCUT2D eigenvalue weighted by atomic mass is 14.5.